The smallest absolute Gasteiger partial charge is 0.462 e. The Morgan fingerprint density at radius 1 is 0.625 bits per heavy atom. The van der Waals surface area contributed by atoms with Gasteiger partial charge in [0.25, 0.3) is 0 Å². The zero-order chi connectivity index (χ0) is 35.4. The molecule has 0 aromatic heterocycles. The molecule has 10 heteroatoms. The number of esters is 2. The zero-order valence-electron chi connectivity index (χ0n) is 30.2. The quantitative estimate of drug-likeness (QED) is 0.0291. The van der Waals surface area contributed by atoms with Gasteiger partial charge in [-0.05, 0) is 51.4 Å². The molecule has 48 heavy (non-hydrogen) atoms. The number of nitrogens with two attached hydrogens (primary N) is 1. The standard InChI is InChI=1S/C38H68NO8P/c1-3-5-7-9-11-13-15-16-17-18-19-20-21-23-25-27-29-31-38(41)47-36(35-46-48(42,43)45-33-32-39)34-44-37(40)30-28-26-24-22-14-12-10-8-6-4-2/h7,9,13,15,17-18,20-21,36H,3-6,8,10-12,14,16,19,22-35,39H2,1-2H3,(H,42,43)/b9-7+,15-13+,18-17+,21-20+/t36-/m1/s1. The summed E-state index contributed by atoms with van der Waals surface area (Å²) >= 11 is 0. The van der Waals surface area contributed by atoms with E-state index in [1.807, 2.05) is 0 Å². The number of phosphoric acid groups is 1. The van der Waals surface area contributed by atoms with E-state index in [-0.39, 0.29) is 32.6 Å². The molecule has 0 aliphatic carbocycles. The van der Waals surface area contributed by atoms with Crippen LogP contribution in [0.3, 0.4) is 0 Å². The molecule has 0 aromatic carbocycles. The van der Waals surface area contributed by atoms with Crippen LogP contribution in [0.5, 0.6) is 0 Å². The minimum absolute atomic E-state index is 0.0469. The molecule has 0 heterocycles. The molecule has 0 bridgehead atoms. The number of hydrogen-bond acceptors (Lipinski definition) is 8. The molecule has 0 saturated heterocycles. The van der Waals surface area contributed by atoms with Crippen molar-refractivity contribution in [2.24, 2.45) is 5.73 Å². The van der Waals surface area contributed by atoms with E-state index in [1.54, 1.807) is 0 Å². The third-order valence-corrected chi connectivity index (χ3v) is 8.43. The van der Waals surface area contributed by atoms with Gasteiger partial charge in [-0.2, -0.15) is 0 Å². The number of hydrogen-bond donors (Lipinski definition) is 2. The predicted molar refractivity (Wildman–Crippen MR) is 196 cm³/mol. The second-order valence-electron chi connectivity index (χ2n) is 12.1. The van der Waals surface area contributed by atoms with E-state index in [0.717, 1.165) is 64.2 Å². The highest BCUT2D eigenvalue weighted by atomic mass is 31.2. The minimum atomic E-state index is -4.38. The van der Waals surface area contributed by atoms with Crippen LogP contribution in [0.15, 0.2) is 48.6 Å². The molecular weight excluding hydrogens is 629 g/mol. The fourth-order valence-corrected chi connectivity index (χ4v) is 5.45. The Kier molecular flexibility index (Phi) is 33.3. The van der Waals surface area contributed by atoms with Gasteiger partial charge in [0.15, 0.2) is 6.10 Å². The van der Waals surface area contributed by atoms with Crippen molar-refractivity contribution in [3.8, 4) is 0 Å². The maximum Gasteiger partial charge on any atom is 0.472 e. The Bertz CT molecular complexity index is 934. The molecule has 1 unspecified atom stereocenters. The van der Waals surface area contributed by atoms with Crippen LogP contribution < -0.4 is 5.73 Å². The summed E-state index contributed by atoms with van der Waals surface area (Å²) < 4.78 is 32.6. The maximum absolute atomic E-state index is 12.5. The van der Waals surface area contributed by atoms with Gasteiger partial charge < -0.3 is 20.1 Å². The third-order valence-electron chi connectivity index (χ3n) is 7.45. The fraction of sp³-hybridized carbons (Fsp3) is 0.737. The summed E-state index contributed by atoms with van der Waals surface area (Å²) in [4.78, 5) is 34.6. The molecule has 0 aliphatic rings. The Hall–Kier alpha value is -2.03. The van der Waals surface area contributed by atoms with Crippen molar-refractivity contribution in [1.82, 2.24) is 0 Å². The average molecular weight is 698 g/mol. The molecule has 0 aliphatic heterocycles. The van der Waals surface area contributed by atoms with Crippen molar-refractivity contribution in [2.45, 2.75) is 155 Å². The highest BCUT2D eigenvalue weighted by molar-refractivity contribution is 7.47. The van der Waals surface area contributed by atoms with Crippen LogP contribution in [0.25, 0.3) is 0 Å². The lowest BCUT2D eigenvalue weighted by Crippen LogP contribution is -2.29. The summed E-state index contributed by atoms with van der Waals surface area (Å²) in [6.07, 6.45) is 37.1. The Morgan fingerprint density at radius 3 is 1.69 bits per heavy atom. The second kappa shape index (κ2) is 34.8. The molecule has 0 amide bonds. The van der Waals surface area contributed by atoms with Crippen molar-refractivity contribution in [3.05, 3.63) is 48.6 Å². The van der Waals surface area contributed by atoms with Crippen LogP contribution in [0, 0.1) is 0 Å². The van der Waals surface area contributed by atoms with Crippen LogP contribution in [0.2, 0.25) is 0 Å². The minimum Gasteiger partial charge on any atom is -0.462 e. The van der Waals surface area contributed by atoms with Crippen LogP contribution in [0.4, 0.5) is 0 Å². The number of phosphoric ester groups is 1. The predicted octanol–water partition coefficient (Wildman–Crippen LogP) is 9.99. The van der Waals surface area contributed by atoms with Gasteiger partial charge in [0.1, 0.15) is 6.61 Å². The zero-order valence-corrected chi connectivity index (χ0v) is 31.1. The monoisotopic (exact) mass is 697 g/mol. The van der Waals surface area contributed by atoms with Gasteiger partial charge in [0.2, 0.25) is 0 Å². The van der Waals surface area contributed by atoms with E-state index >= 15 is 0 Å². The van der Waals surface area contributed by atoms with Crippen LogP contribution in [0.1, 0.15) is 149 Å². The molecule has 2 atom stereocenters. The number of carbonyl (C=O) groups is 2. The van der Waals surface area contributed by atoms with Crippen molar-refractivity contribution in [1.29, 1.82) is 0 Å². The summed E-state index contributed by atoms with van der Waals surface area (Å²) in [5.74, 6) is -0.870. The van der Waals surface area contributed by atoms with E-state index in [0.29, 0.717) is 6.42 Å². The van der Waals surface area contributed by atoms with Gasteiger partial charge in [0, 0.05) is 19.4 Å². The highest BCUT2D eigenvalue weighted by Gasteiger charge is 2.25. The Labute approximate surface area is 292 Å². The van der Waals surface area contributed by atoms with E-state index in [9.17, 15) is 19.0 Å². The van der Waals surface area contributed by atoms with Gasteiger partial charge in [-0.15, -0.1) is 0 Å². The number of allylic oxidation sites excluding steroid dienone is 8. The average Bonchev–Trinajstić information content (AvgIpc) is 3.07. The SMILES string of the molecule is CCC/C=C/C/C=C/C/C=C/C/C=C/CCCCCC(=O)O[C@H](COC(=O)CCCCCCCCCCCC)COP(=O)(O)OCCN. The van der Waals surface area contributed by atoms with Gasteiger partial charge >= 0.3 is 19.8 Å². The number of unbranched alkanes of at least 4 members (excludes halogenated alkanes) is 13. The maximum atomic E-state index is 12.5. The molecule has 3 N–H and O–H groups in total. The Morgan fingerprint density at radius 2 is 1.12 bits per heavy atom. The van der Waals surface area contributed by atoms with Crippen molar-refractivity contribution in [3.63, 3.8) is 0 Å². The lowest BCUT2D eigenvalue weighted by molar-refractivity contribution is -0.161. The number of carbonyl (C=O) groups excluding carboxylic acids is 2. The normalized spacial score (nSPS) is 14.0. The van der Waals surface area contributed by atoms with Gasteiger partial charge in [0.05, 0.1) is 13.2 Å². The van der Waals surface area contributed by atoms with Gasteiger partial charge in [-0.3, -0.25) is 18.6 Å². The lowest BCUT2D eigenvalue weighted by Gasteiger charge is -2.19. The highest BCUT2D eigenvalue weighted by Crippen LogP contribution is 2.43. The Balaban J connectivity index is 4.31. The molecule has 0 spiro atoms. The summed E-state index contributed by atoms with van der Waals surface area (Å²) in [6, 6.07) is 0. The van der Waals surface area contributed by atoms with Crippen molar-refractivity contribution < 1.29 is 37.6 Å². The molecule has 278 valence electrons. The molecule has 0 fully saturated rings. The third kappa shape index (κ3) is 33.9. The van der Waals surface area contributed by atoms with Crippen LogP contribution >= 0.6 is 7.82 Å². The van der Waals surface area contributed by atoms with E-state index < -0.39 is 32.5 Å². The summed E-state index contributed by atoms with van der Waals surface area (Å²) in [6.45, 7) is 3.59. The second-order valence-corrected chi connectivity index (χ2v) is 13.5. The molecular formula is C38H68NO8P. The van der Waals surface area contributed by atoms with E-state index in [1.165, 1.54) is 51.4 Å². The molecule has 0 rings (SSSR count). The summed E-state index contributed by atoms with van der Waals surface area (Å²) in [7, 11) is -4.38. The summed E-state index contributed by atoms with van der Waals surface area (Å²) in [5, 5.41) is 0. The largest absolute Gasteiger partial charge is 0.472 e. The molecule has 0 aromatic rings. The first-order valence-electron chi connectivity index (χ1n) is 18.6. The molecule has 0 saturated carbocycles. The van der Waals surface area contributed by atoms with E-state index in [2.05, 4.69) is 62.5 Å². The first-order valence-corrected chi connectivity index (χ1v) is 20.1. The molecule has 0 radical (unpaired) electrons. The molecule has 9 nitrogen and oxygen atoms in total. The van der Waals surface area contributed by atoms with Crippen molar-refractivity contribution >= 4 is 19.8 Å². The van der Waals surface area contributed by atoms with E-state index in [4.69, 9.17) is 24.3 Å². The number of ether oxygens (including phenoxy) is 2. The topological polar surface area (TPSA) is 134 Å². The van der Waals surface area contributed by atoms with Crippen LogP contribution in [-0.4, -0.2) is 49.3 Å². The van der Waals surface area contributed by atoms with Gasteiger partial charge in [-0.1, -0.05) is 133 Å². The number of rotatable bonds is 34. The first kappa shape index (κ1) is 46.0. The van der Waals surface area contributed by atoms with Crippen LogP contribution in [-0.2, 0) is 32.7 Å². The van der Waals surface area contributed by atoms with Crippen molar-refractivity contribution in [2.75, 3.05) is 26.4 Å². The van der Waals surface area contributed by atoms with Gasteiger partial charge in [-0.25, -0.2) is 4.57 Å². The lowest BCUT2D eigenvalue weighted by atomic mass is 10.1. The first-order chi connectivity index (χ1) is 23.3. The summed E-state index contributed by atoms with van der Waals surface area (Å²) in [5.41, 5.74) is 5.32. The fourth-order valence-electron chi connectivity index (χ4n) is 4.68.